The molecule has 1 aliphatic rings. The van der Waals surface area contributed by atoms with E-state index in [1.165, 1.54) is 17.9 Å². The van der Waals surface area contributed by atoms with Crippen LogP contribution in [0.2, 0.25) is 0 Å². The van der Waals surface area contributed by atoms with Gasteiger partial charge < -0.3 is 10.6 Å². The molecule has 1 fully saturated rings. The van der Waals surface area contributed by atoms with Crippen LogP contribution in [0.5, 0.6) is 0 Å². The lowest BCUT2D eigenvalue weighted by atomic mass is 10.3. The molecule has 4 heteroatoms. The maximum absolute atomic E-state index is 5.60. The second-order valence-corrected chi connectivity index (χ2v) is 4.63. The van der Waals surface area contributed by atoms with Gasteiger partial charge in [0, 0.05) is 18.8 Å². The fourth-order valence-corrected chi connectivity index (χ4v) is 2.45. The van der Waals surface area contributed by atoms with Crippen LogP contribution < -0.4 is 10.6 Å². The van der Waals surface area contributed by atoms with E-state index in [1.54, 1.807) is 6.20 Å². The summed E-state index contributed by atoms with van der Waals surface area (Å²) >= 11 is 2.02. The Labute approximate surface area is 88.7 Å². The number of nitrogens with two attached hydrogens (primary N) is 1. The quantitative estimate of drug-likeness (QED) is 0.763. The Bertz CT molecular complexity index is 278. The highest BCUT2D eigenvalue weighted by molar-refractivity contribution is 7.99. The van der Waals surface area contributed by atoms with Gasteiger partial charge in [0.25, 0.3) is 0 Å². The number of anilines is 2. The number of hydrogen-bond donors (Lipinski definition) is 1. The number of nitrogen functional groups attached to an aromatic ring is 1. The van der Waals surface area contributed by atoms with Crippen molar-refractivity contribution in [3.05, 3.63) is 18.3 Å². The number of nitrogens with zero attached hydrogens (tertiary/aromatic N) is 2. The van der Waals surface area contributed by atoms with Gasteiger partial charge in [-0.3, -0.25) is 0 Å². The number of pyridine rings is 1. The topological polar surface area (TPSA) is 42.1 Å². The van der Waals surface area contributed by atoms with E-state index in [0.29, 0.717) is 0 Å². The van der Waals surface area contributed by atoms with Gasteiger partial charge in [-0.2, -0.15) is 11.8 Å². The van der Waals surface area contributed by atoms with E-state index in [-0.39, 0.29) is 0 Å². The zero-order chi connectivity index (χ0) is 9.80. The molecule has 1 aromatic rings. The molecule has 14 heavy (non-hydrogen) atoms. The predicted molar refractivity (Wildman–Crippen MR) is 62.8 cm³/mol. The highest BCUT2D eigenvalue weighted by atomic mass is 32.2. The summed E-state index contributed by atoms with van der Waals surface area (Å²) in [6, 6.07) is 3.92. The van der Waals surface area contributed by atoms with Gasteiger partial charge in [0.05, 0.1) is 11.9 Å². The maximum atomic E-state index is 5.60. The molecular weight excluding hydrogens is 194 g/mol. The van der Waals surface area contributed by atoms with Gasteiger partial charge in [-0.05, 0) is 24.3 Å². The molecule has 0 aliphatic carbocycles. The summed E-state index contributed by atoms with van der Waals surface area (Å²) in [4.78, 5) is 6.67. The first kappa shape index (κ1) is 9.65. The smallest absolute Gasteiger partial charge is 0.128 e. The Morgan fingerprint density at radius 3 is 3.00 bits per heavy atom. The predicted octanol–water partition coefficient (Wildman–Crippen LogP) is 1.61. The largest absolute Gasteiger partial charge is 0.397 e. The number of thioether (sulfide) groups is 1. The maximum Gasteiger partial charge on any atom is 0.128 e. The Morgan fingerprint density at radius 2 is 2.21 bits per heavy atom. The van der Waals surface area contributed by atoms with E-state index >= 15 is 0 Å². The summed E-state index contributed by atoms with van der Waals surface area (Å²) in [6.45, 7) is 2.21. The molecule has 0 atom stereocenters. The van der Waals surface area contributed by atoms with Gasteiger partial charge >= 0.3 is 0 Å². The second kappa shape index (κ2) is 4.55. The molecule has 0 spiro atoms. The van der Waals surface area contributed by atoms with Gasteiger partial charge in [0.2, 0.25) is 0 Å². The molecule has 1 saturated heterocycles. The summed E-state index contributed by atoms with van der Waals surface area (Å²) in [5.41, 5.74) is 6.34. The SMILES string of the molecule is Nc1ccc(N2CCCSCC2)nc1. The summed E-state index contributed by atoms with van der Waals surface area (Å²) in [5, 5.41) is 0. The van der Waals surface area contributed by atoms with Crippen LogP contribution >= 0.6 is 11.8 Å². The molecular formula is C10H15N3S. The summed E-state index contributed by atoms with van der Waals surface area (Å²) in [6.07, 6.45) is 2.98. The lowest BCUT2D eigenvalue weighted by Gasteiger charge is -2.20. The van der Waals surface area contributed by atoms with Crippen LogP contribution in [0.4, 0.5) is 11.5 Å². The standard InChI is InChI=1S/C10H15N3S/c11-9-2-3-10(12-8-9)13-4-1-6-14-7-5-13/h2-3,8H,1,4-7,11H2. The van der Waals surface area contributed by atoms with Gasteiger partial charge in [0.1, 0.15) is 5.82 Å². The monoisotopic (exact) mass is 209 g/mol. The molecule has 3 nitrogen and oxygen atoms in total. The van der Waals surface area contributed by atoms with Crippen LogP contribution in [0.3, 0.4) is 0 Å². The normalized spacial score (nSPS) is 17.9. The molecule has 2 rings (SSSR count). The minimum Gasteiger partial charge on any atom is -0.397 e. The van der Waals surface area contributed by atoms with E-state index in [9.17, 15) is 0 Å². The van der Waals surface area contributed by atoms with E-state index < -0.39 is 0 Å². The van der Waals surface area contributed by atoms with Crippen molar-refractivity contribution in [1.29, 1.82) is 0 Å². The van der Waals surface area contributed by atoms with Crippen LogP contribution in [-0.2, 0) is 0 Å². The Balaban J connectivity index is 2.08. The van der Waals surface area contributed by atoms with Crippen molar-refractivity contribution in [3.8, 4) is 0 Å². The average molecular weight is 209 g/mol. The third-order valence-electron chi connectivity index (χ3n) is 2.32. The Kier molecular flexibility index (Phi) is 3.14. The van der Waals surface area contributed by atoms with E-state index in [1.807, 2.05) is 23.9 Å². The first-order chi connectivity index (χ1) is 6.86. The molecule has 0 bridgehead atoms. The van der Waals surface area contributed by atoms with Crippen molar-refractivity contribution in [2.45, 2.75) is 6.42 Å². The molecule has 1 aromatic heterocycles. The third kappa shape index (κ3) is 2.32. The van der Waals surface area contributed by atoms with Crippen LogP contribution in [0.15, 0.2) is 18.3 Å². The fourth-order valence-electron chi connectivity index (χ4n) is 1.56. The van der Waals surface area contributed by atoms with Crippen LogP contribution in [-0.4, -0.2) is 29.6 Å². The highest BCUT2D eigenvalue weighted by Gasteiger charge is 2.10. The van der Waals surface area contributed by atoms with Gasteiger partial charge in [-0.15, -0.1) is 0 Å². The molecule has 2 heterocycles. The molecule has 2 N–H and O–H groups in total. The van der Waals surface area contributed by atoms with Gasteiger partial charge in [-0.1, -0.05) is 0 Å². The summed E-state index contributed by atoms with van der Waals surface area (Å²) in [5.74, 6) is 3.53. The van der Waals surface area contributed by atoms with Gasteiger partial charge in [-0.25, -0.2) is 4.98 Å². The van der Waals surface area contributed by atoms with Crippen LogP contribution in [0.25, 0.3) is 0 Å². The van der Waals surface area contributed by atoms with Crippen LogP contribution in [0, 0.1) is 0 Å². The van der Waals surface area contributed by atoms with Crippen molar-refractivity contribution in [1.82, 2.24) is 4.98 Å². The molecule has 0 radical (unpaired) electrons. The molecule has 0 saturated carbocycles. The van der Waals surface area contributed by atoms with Crippen molar-refractivity contribution in [3.63, 3.8) is 0 Å². The summed E-state index contributed by atoms with van der Waals surface area (Å²) in [7, 11) is 0. The zero-order valence-electron chi connectivity index (χ0n) is 8.15. The van der Waals surface area contributed by atoms with Crippen molar-refractivity contribution in [2.75, 3.05) is 35.2 Å². The van der Waals surface area contributed by atoms with E-state index in [4.69, 9.17) is 5.73 Å². The molecule has 1 aliphatic heterocycles. The lowest BCUT2D eigenvalue weighted by Crippen LogP contribution is -2.26. The lowest BCUT2D eigenvalue weighted by molar-refractivity contribution is 0.802. The van der Waals surface area contributed by atoms with Crippen molar-refractivity contribution < 1.29 is 0 Å². The van der Waals surface area contributed by atoms with Crippen LogP contribution in [0.1, 0.15) is 6.42 Å². The zero-order valence-corrected chi connectivity index (χ0v) is 8.96. The minimum atomic E-state index is 0.734. The first-order valence-electron chi connectivity index (χ1n) is 4.90. The number of aromatic nitrogens is 1. The summed E-state index contributed by atoms with van der Waals surface area (Å²) < 4.78 is 0. The number of hydrogen-bond acceptors (Lipinski definition) is 4. The van der Waals surface area contributed by atoms with Crippen molar-refractivity contribution >= 4 is 23.3 Å². The second-order valence-electron chi connectivity index (χ2n) is 3.40. The minimum absolute atomic E-state index is 0.734. The highest BCUT2D eigenvalue weighted by Crippen LogP contribution is 2.17. The van der Waals surface area contributed by atoms with Gasteiger partial charge in [0.15, 0.2) is 0 Å². The number of rotatable bonds is 1. The first-order valence-corrected chi connectivity index (χ1v) is 6.06. The average Bonchev–Trinajstić information content (AvgIpc) is 2.47. The fraction of sp³-hybridized carbons (Fsp3) is 0.500. The molecule has 0 unspecified atom stereocenters. The molecule has 0 amide bonds. The van der Waals surface area contributed by atoms with Crippen molar-refractivity contribution in [2.24, 2.45) is 0 Å². The van der Waals surface area contributed by atoms with E-state index in [0.717, 1.165) is 24.6 Å². The molecule has 76 valence electrons. The Morgan fingerprint density at radius 1 is 1.29 bits per heavy atom. The third-order valence-corrected chi connectivity index (χ3v) is 3.37. The Hall–Kier alpha value is -0.900. The molecule has 0 aromatic carbocycles. The van der Waals surface area contributed by atoms with E-state index in [2.05, 4.69) is 9.88 Å².